The summed E-state index contributed by atoms with van der Waals surface area (Å²) in [5.74, 6) is -0.479. The van der Waals surface area contributed by atoms with Crippen LogP contribution in [0, 0.1) is 5.92 Å². The zero-order valence-corrected chi connectivity index (χ0v) is 14.1. The molecule has 1 aliphatic carbocycles. The summed E-state index contributed by atoms with van der Waals surface area (Å²) in [5.41, 5.74) is 1.34. The van der Waals surface area contributed by atoms with Crippen LogP contribution in [-0.2, 0) is 14.3 Å². The van der Waals surface area contributed by atoms with Crippen LogP contribution in [0.5, 0.6) is 0 Å². The first kappa shape index (κ1) is 17.0. The number of likely N-dealkylation sites (tertiary alicyclic amines) is 1. The lowest BCUT2D eigenvalue weighted by Crippen LogP contribution is -2.44. The second-order valence-corrected chi connectivity index (χ2v) is 6.90. The molecular formula is C19H25NO4. The van der Waals surface area contributed by atoms with Gasteiger partial charge < -0.3 is 14.7 Å². The first-order chi connectivity index (χ1) is 11.6. The lowest BCUT2D eigenvalue weighted by atomic mass is 9.78. The summed E-state index contributed by atoms with van der Waals surface area (Å²) >= 11 is 0. The SMILES string of the molecule is COC1CC(C(=O)O)N(C(=O)C2CCC(c3ccccc3)CC2)C1. The van der Waals surface area contributed by atoms with Crippen molar-refractivity contribution in [1.82, 2.24) is 4.90 Å². The van der Waals surface area contributed by atoms with Crippen molar-refractivity contribution in [3.8, 4) is 0 Å². The zero-order valence-electron chi connectivity index (χ0n) is 14.1. The van der Waals surface area contributed by atoms with Crippen molar-refractivity contribution in [3.05, 3.63) is 35.9 Å². The van der Waals surface area contributed by atoms with Crippen LogP contribution in [-0.4, -0.2) is 47.7 Å². The van der Waals surface area contributed by atoms with Gasteiger partial charge in [-0.2, -0.15) is 0 Å². The predicted molar refractivity (Wildman–Crippen MR) is 89.7 cm³/mol. The number of ether oxygens (including phenoxy) is 1. The summed E-state index contributed by atoms with van der Waals surface area (Å²) in [6.45, 7) is 0.394. The minimum atomic E-state index is -0.930. The van der Waals surface area contributed by atoms with Gasteiger partial charge in [0.25, 0.3) is 0 Å². The van der Waals surface area contributed by atoms with Crippen molar-refractivity contribution in [3.63, 3.8) is 0 Å². The lowest BCUT2D eigenvalue weighted by molar-refractivity contribution is -0.150. The number of hydrogen-bond donors (Lipinski definition) is 1. The van der Waals surface area contributed by atoms with E-state index in [0.29, 0.717) is 18.9 Å². The Labute approximate surface area is 142 Å². The smallest absolute Gasteiger partial charge is 0.326 e. The number of amides is 1. The molecule has 2 unspecified atom stereocenters. The maximum atomic E-state index is 12.8. The Kier molecular flexibility index (Phi) is 5.19. The highest BCUT2D eigenvalue weighted by atomic mass is 16.5. The Bertz CT molecular complexity index is 580. The van der Waals surface area contributed by atoms with Gasteiger partial charge in [-0.3, -0.25) is 4.79 Å². The van der Waals surface area contributed by atoms with Crippen LogP contribution in [0.25, 0.3) is 0 Å². The fraction of sp³-hybridized carbons (Fsp3) is 0.579. The van der Waals surface area contributed by atoms with Crippen LogP contribution in [0.1, 0.15) is 43.6 Å². The summed E-state index contributed by atoms with van der Waals surface area (Å²) in [6, 6.07) is 9.69. The highest BCUT2D eigenvalue weighted by Crippen LogP contribution is 2.37. The van der Waals surface area contributed by atoms with E-state index in [9.17, 15) is 14.7 Å². The number of benzene rings is 1. The Hall–Kier alpha value is -1.88. The molecule has 5 nitrogen and oxygen atoms in total. The van der Waals surface area contributed by atoms with Crippen LogP contribution >= 0.6 is 0 Å². The first-order valence-corrected chi connectivity index (χ1v) is 8.71. The van der Waals surface area contributed by atoms with E-state index in [4.69, 9.17) is 4.74 Å². The molecule has 0 radical (unpaired) electrons. The number of hydrogen-bond acceptors (Lipinski definition) is 3. The monoisotopic (exact) mass is 331 g/mol. The van der Waals surface area contributed by atoms with Crippen LogP contribution in [0.2, 0.25) is 0 Å². The van der Waals surface area contributed by atoms with E-state index in [2.05, 4.69) is 24.3 Å². The molecule has 1 aliphatic heterocycles. The highest BCUT2D eigenvalue weighted by Gasteiger charge is 2.42. The number of carboxylic acid groups (broad SMARTS) is 1. The molecule has 1 heterocycles. The third-order valence-corrected chi connectivity index (χ3v) is 5.51. The highest BCUT2D eigenvalue weighted by molar-refractivity contribution is 5.86. The largest absolute Gasteiger partial charge is 0.480 e. The molecule has 1 aromatic rings. The molecule has 24 heavy (non-hydrogen) atoms. The molecule has 1 saturated heterocycles. The average molecular weight is 331 g/mol. The normalized spacial score (nSPS) is 30.3. The fourth-order valence-electron chi connectivity index (χ4n) is 4.08. The van der Waals surface area contributed by atoms with E-state index in [0.717, 1.165) is 25.7 Å². The third kappa shape index (κ3) is 3.46. The van der Waals surface area contributed by atoms with E-state index in [-0.39, 0.29) is 17.9 Å². The molecular weight excluding hydrogens is 306 g/mol. The van der Waals surface area contributed by atoms with Crippen LogP contribution in [0.15, 0.2) is 30.3 Å². The van der Waals surface area contributed by atoms with Gasteiger partial charge in [-0.05, 0) is 37.2 Å². The maximum absolute atomic E-state index is 12.8. The predicted octanol–water partition coefficient (Wildman–Crippen LogP) is 2.66. The van der Waals surface area contributed by atoms with Gasteiger partial charge in [-0.1, -0.05) is 30.3 Å². The van der Waals surface area contributed by atoms with Gasteiger partial charge in [0.05, 0.1) is 6.10 Å². The molecule has 1 saturated carbocycles. The van der Waals surface area contributed by atoms with Gasteiger partial charge >= 0.3 is 5.97 Å². The van der Waals surface area contributed by atoms with Crippen molar-refractivity contribution >= 4 is 11.9 Å². The molecule has 130 valence electrons. The third-order valence-electron chi connectivity index (χ3n) is 5.51. The van der Waals surface area contributed by atoms with Gasteiger partial charge in [-0.15, -0.1) is 0 Å². The fourth-order valence-corrected chi connectivity index (χ4v) is 4.08. The molecule has 0 bridgehead atoms. The first-order valence-electron chi connectivity index (χ1n) is 8.71. The van der Waals surface area contributed by atoms with Gasteiger partial charge in [0.15, 0.2) is 0 Å². The number of aliphatic carboxylic acids is 1. The van der Waals surface area contributed by atoms with Gasteiger partial charge in [0, 0.05) is 26.0 Å². The van der Waals surface area contributed by atoms with Crippen molar-refractivity contribution in [1.29, 1.82) is 0 Å². The average Bonchev–Trinajstić information content (AvgIpc) is 3.07. The number of methoxy groups -OCH3 is 1. The number of carbonyl (C=O) groups excluding carboxylic acids is 1. The lowest BCUT2D eigenvalue weighted by Gasteiger charge is -2.32. The van der Waals surface area contributed by atoms with Crippen molar-refractivity contribution < 1.29 is 19.4 Å². The molecule has 3 rings (SSSR count). The number of carbonyl (C=O) groups is 2. The van der Waals surface area contributed by atoms with Crippen molar-refractivity contribution in [2.75, 3.05) is 13.7 Å². The minimum Gasteiger partial charge on any atom is -0.480 e. The number of carboxylic acids is 1. The Morgan fingerprint density at radius 1 is 1.12 bits per heavy atom. The minimum absolute atomic E-state index is 0.00605. The second-order valence-electron chi connectivity index (χ2n) is 6.90. The summed E-state index contributed by atoms with van der Waals surface area (Å²) in [4.78, 5) is 25.8. The van der Waals surface area contributed by atoms with Crippen LogP contribution < -0.4 is 0 Å². The van der Waals surface area contributed by atoms with E-state index in [1.807, 2.05) is 6.07 Å². The maximum Gasteiger partial charge on any atom is 0.326 e. The van der Waals surface area contributed by atoms with E-state index < -0.39 is 12.0 Å². The van der Waals surface area contributed by atoms with Gasteiger partial charge in [-0.25, -0.2) is 4.79 Å². The standard InChI is InChI=1S/C19H25NO4/c1-24-16-11-17(19(22)23)20(12-16)18(21)15-9-7-14(8-10-15)13-5-3-2-4-6-13/h2-6,14-17H,7-12H2,1H3,(H,22,23). The van der Waals surface area contributed by atoms with Crippen molar-refractivity contribution in [2.24, 2.45) is 5.92 Å². The van der Waals surface area contributed by atoms with Crippen LogP contribution in [0.4, 0.5) is 0 Å². The Morgan fingerprint density at radius 2 is 1.79 bits per heavy atom. The second kappa shape index (κ2) is 7.34. The number of rotatable bonds is 4. The van der Waals surface area contributed by atoms with E-state index >= 15 is 0 Å². The summed E-state index contributed by atoms with van der Waals surface area (Å²) < 4.78 is 5.28. The Morgan fingerprint density at radius 3 is 2.38 bits per heavy atom. The molecule has 5 heteroatoms. The zero-order chi connectivity index (χ0) is 17.1. The molecule has 1 aromatic carbocycles. The molecule has 2 aliphatic rings. The summed E-state index contributed by atoms with van der Waals surface area (Å²) in [6.07, 6.45) is 3.85. The van der Waals surface area contributed by atoms with E-state index in [1.54, 1.807) is 7.11 Å². The molecule has 2 fully saturated rings. The summed E-state index contributed by atoms with van der Waals surface area (Å²) in [5, 5.41) is 9.39. The topological polar surface area (TPSA) is 66.8 Å². The van der Waals surface area contributed by atoms with Crippen LogP contribution in [0.3, 0.4) is 0 Å². The molecule has 1 amide bonds. The van der Waals surface area contributed by atoms with Crippen molar-refractivity contribution in [2.45, 2.75) is 50.2 Å². The molecule has 0 aromatic heterocycles. The number of nitrogens with zero attached hydrogens (tertiary/aromatic N) is 1. The summed E-state index contributed by atoms with van der Waals surface area (Å²) in [7, 11) is 1.57. The molecule has 2 atom stereocenters. The van der Waals surface area contributed by atoms with Gasteiger partial charge in [0.2, 0.25) is 5.91 Å². The van der Waals surface area contributed by atoms with Gasteiger partial charge in [0.1, 0.15) is 6.04 Å². The van der Waals surface area contributed by atoms with E-state index in [1.165, 1.54) is 10.5 Å². The molecule has 1 N–H and O–H groups in total. The molecule has 0 spiro atoms. The quantitative estimate of drug-likeness (QED) is 0.921. The Balaban J connectivity index is 1.61.